The van der Waals surface area contributed by atoms with Crippen molar-refractivity contribution in [2.75, 3.05) is 19.3 Å². The van der Waals surface area contributed by atoms with Crippen LogP contribution in [0.5, 0.6) is 0 Å². The van der Waals surface area contributed by atoms with Crippen molar-refractivity contribution in [3.05, 3.63) is 35.4 Å². The molecular formula is C11H16N4O4S. The highest BCUT2D eigenvalue weighted by Gasteiger charge is 2.10. The molecule has 110 valence electrons. The summed E-state index contributed by atoms with van der Waals surface area (Å²) in [6, 6.07) is 6.14. The fraction of sp³-hybridized carbons (Fsp3) is 0.273. The second-order valence-corrected chi connectivity index (χ2v) is 5.89. The molecule has 0 aliphatic rings. The van der Waals surface area contributed by atoms with Gasteiger partial charge in [-0.3, -0.25) is 4.79 Å². The Morgan fingerprint density at radius 2 is 2.05 bits per heavy atom. The third-order valence-corrected chi connectivity index (χ3v) is 3.86. The van der Waals surface area contributed by atoms with Gasteiger partial charge in [0.15, 0.2) is 5.84 Å². The number of rotatable bonds is 6. The molecule has 0 saturated heterocycles. The van der Waals surface area contributed by atoms with Crippen molar-refractivity contribution in [2.45, 2.75) is 0 Å². The van der Waals surface area contributed by atoms with Gasteiger partial charge < -0.3 is 16.3 Å². The van der Waals surface area contributed by atoms with Crippen molar-refractivity contribution in [1.29, 1.82) is 0 Å². The minimum absolute atomic E-state index is 0.0180. The summed E-state index contributed by atoms with van der Waals surface area (Å²) in [5.74, 6) is -0.767. The zero-order valence-electron chi connectivity index (χ0n) is 10.8. The van der Waals surface area contributed by atoms with Crippen LogP contribution in [0.3, 0.4) is 0 Å². The molecule has 20 heavy (non-hydrogen) atoms. The van der Waals surface area contributed by atoms with E-state index >= 15 is 0 Å². The lowest BCUT2D eigenvalue weighted by Crippen LogP contribution is -2.33. The lowest BCUT2D eigenvalue weighted by atomic mass is 10.1. The lowest BCUT2D eigenvalue weighted by molar-refractivity contribution is 0.0956. The smallest absolute Gasteiger partial charge is 0.251 e. The number of carbonyl (C=O) groups excluding carboxylic acids is 1. The zero-order chi connectivity index (χ0) is 15.2. The molecule has 0 fully saturated rings. The number of hydrogen-bond acceptors (Lipinski definition) is 5. The Morgan fingerprint density at radius 3 is 2.65 bits per heavy atom. The molecule has 9 heteroatoms. The maximum atomic E-state index is 11.8. The first-order valence-corrected chi connectivity index (χ1v) is 7.32. The van der Waals surface area contributed by atoms with Crippen LogP contribution in [0.4, 0.5) is 0 Å². The van der Waals surface area contributed by atoms with Gasteiger partial charge in [-0.15, -0.1) is 0 Å². The van der Waals surface area contributed by atoms with E-state index < -0.39 is 15.9 Å². The number of nitrogens with two attached hydrogens (primary N) is 1. The van der Waals surface area contributed by atoms with E-state index in [1.807, 2.05) is 0 Å². The van der Waals surface area contributed by atoms with Gasteiger partial charge in [-0.25, -0.2) is 13.1 Å². The average molecular weight is 300 g/mol. The Morgan fingerprint density at radius 1 is 1.40 bits per heavy atom. The summed E-state index contributed by atoms with van der Waals surface area (Å²) in [6.07, 6.45) is 0. The predicted molar refractivity (Wildman–Crippen MR) is 74.1 cm³/mol. The number of oxime groups is 1. The van der Waals surface area contributed by atoms with Gasteiger partial charge in [0.25, 0.3) is 5.91 Å². The van der Waals surface area contributed by atoms with E-state index in [1.165, 1.54) is 19.2 Å². The summed E-state index contributed by atoms with van der Waals surface area (Å²) in [5.41, 5.74) is 6.10. The van der Waals surface area contributed by atoms with Gasteiger partial charge in [0.2, 0.25) is 10.0 Å². The molecule has 0 radical (unpaired) electrons. The Labute approximate surface area is 116 Å². The van der Waals surface area contributed by atoms with Crippen molar-refractivity contribution in [3.8, 4) is 0 Å². The first kappa shape index (κ1) is 15.9. The number of benzene rings is 1. The van der Waals surface area contributed by atoms with Gasteiger partial charge in [-0.05, 0) is 19.2 Å². The number of nitrogens with zero attached hydrogens (tertiary/aromatic N) is 1. The Bertz CT molecular complexity index is 613. The van der Waals surface area contributed by atoms with Crippen LogP contribution in [0, 0.1) is 0 Å². The fourth-order valence-corrected chi connectivity index (χ4v) is 1.96. The van der Waals surface area contributed by atoms with Crippen LogP contribution in [0.1, 0.15) is 15.9 Å². The first-order chi connectivity index (χ1) is 9.39. The van der Waals surface area contributed by atoms with Crippen LogP contribution in [0.25, 0.3) is 0 Å². The standard InChI is InChI=1S/C11H16N4O4S/c1-13-20(18,19)6-5-14-11(16)9-4-2-3-8(7-9)10(12)15-17/h2-4,7,13,17H,5-6H2,1H3,(H2,12,15)(H,14,16). The normalized spacial score (nSPS) is 12.2. The predicted octanol–water partition coefficient (Wildman–Crippen LogP) is -0.940. The van der Waals surface area contributed by atoms with E-state index in [0.717, 1.165) is 0 Å². The van der Waals surface area contributed by atoms with Crippen LogP contribution in [0.15, 0.2) is 29.4 Å². The molecule has 0 heterocycles. The van der Waals surface area contributed by atoms with E-state index in [0.29, 0.717) is 5.56 Å². The van der Waals surface area contributed by atoms with Gasteiger partial charge in [-0.2, -0.15) is 0 Å². The Kier molecular flexibility index (Phi) is 5.47. The minimum atomic E-state index is -3.36. The molecule has 0 saturated carbocycles. The van der Waals surface area contributed by atoms with E-state index in [-0.39, 0.29) is 23.7 Å². The van der Waals surface area contributed by atoms with Gasteiger partial charge in [0.05, 0.1) is 5.75 Å². The van der Waals surface area contributed by atoms with Crippen LogP contribution in [-0.2, 0) is 10.0 Å². The third-order valence-electron chi connectivity index (χ3n) is 2.50. The highest BCUT2D eigenvalue weighted by Crippen LogP contribution is 2.05. The molecule has 0 unspecified atom stereocenters. The van der Waals surface area contributed by atoms with Crippen molar-refractivity contribution in [2.24, 2.45) is 10.9 Å². The molecule has 0 bridgehead atoms. The SMILES string of the molecule is CNS(=O)(=O)CCNC(=O)c1cccc(/C(N)=N/O)c1. The summed E-state index contributed by atoms with van der Waals surface area (Å²) in [6.45, 7) is -0.0180. The fourth-order valence-electron chi connectivity index (χ4n) is 1.38. The van der Waals surface area contributed by atoms with Gasteiger partial charge >= 0.3 is 0 Å². The molecule has 1 amide bonds. The Balaban J connectivity index is 2.69. The molecule has 0 aliphatic heterocycles. The van der Waals surface area contributed by atoms with Crippen LogP contribution < -0.4 is 15.8 Å². The molecule has 1 rings (SSSR count). The summed E-state index contributed by atoms with van der Waals surface area (Å²) >= 11 is 0. The maximum Gasteiger partial charge on any atom is 0.251 e. The van der Waals surface area contributed by atoms with E-state index in [9.17, 15) is 13.2 Å². The van der Waals surface area contributed by atoms with Crippen molar-refractivity contribution >= 4 is 21.8 Å². The molecule has 1 aromatic rings. The molecule has 5 N–H and O–H groups in total. The number of hydrogen-bond donors (Lipinski definition) is 4. The van der Waals surface area contributed by atoms with Gasteiger partial charge in [0, 0.05) is 17.7 Å². The molecular weight excluding hydrogens is 284 g/mol. The lowest BCUT2D eigenvalue weighted by Gasteiger charge is -2.07. The zero-order valence-corrected chi connectivity index (χ0v) is 11.6. The summed E-state index contributed by atoms with van der Waals surface area (Å²) in [7, 11) is -2.06. The molecule has 0 aliphatic carbocycles. The molecule has 8 nitrogen and oxygen atoms in total. The molecule has 0 spiro atoms. The molecule has 1 aromatic carbocycles. The second kappa shape index (κ2) is 6.87. The maximum absolute atomic E-state index is 11.8. The number of nitrogens with one attached hydrogen (secondary N) is 2. The van der Waals surface area contributed by atoms with Crippen molar-refractivity contribution in [1.82, 2.24) is 10.0 Å². The third kappa shape index (κ3) is 4.52. The van der Waals surface area contributed by atoms with Crippen LogP contribution >= 0.6 is 0 Å². The second-order valence-electron chi connectivity index (χ2n) is 3.84. The van der Waals surface area contributed by atoms with E-state index in [2.05, 4.69) is 15.2 Å². The van der Waals surface area contributed by atoms with E-state index in [4.69, 9.17) is 10.9 Å². The highest BCUT2D eigenvalue weighted by atomic mass is 32.2. The molecule has 0 aromatic heterocycles. The number of amides is 1. The molecule has 0 atom stereocenters. The van der Waals surface area contributed by atoms with Gasteiger partial charge in [0.1, 0.15) is 0 Å². The monoisotopic (exact) mass is 300 g/mol. The topological polar surface area (TPSA) is 134 Å². The number of amidine groups is 1. The van der Waals surface area contributed by atoms with Crippen molar-refractivity contribution < 1.29 is 18.4 Å². The number of sulfonamides is 1. The summed E-state index contributed by atoms with van der Waals surface area (Å²) in [5, 5.41) is 13.9. The van der Waals surface area contributed by atoms with Crippen LogP contribution in [-0.4, -0.2) is 44.7 Å². The highest BCUT2D eigenvalue weighted by molar-refractivity contribution is 7.89. The summed E-state index contributed by atoms with van der Waals surface area (Å²) in [4.78, 5) is 11.8. The van der Waals surface area contributed by atoms with Crippen molar-refractivity contribution in [3.63, 3.8) is 0 Å². The minimum Gasteiger partial charge on any atom is -0.409 e. The Hall–Kier alpha value is -2.13. The largest absolute Gasteiger partial charge is 0.409 e. The summed E-state index contributed by atoms with van der Waals surface area (Å²) < 4.78 is 24.5. The van der Waals surface area contributed by atoms with Crippen LogP contribution in [0.2, 0.25) is 0 Å². The first-order valence-electron chi connectivity index (χ1n) is 5.67. The van der Waals surface area contributed by atoms with Gasteiger partial charge in [-0.1, -0.05) is 17.3 Å². The van der Waals surface area contributed by atoms with E-state index in [1.54, 1.807) is 12.1 Å². The number of carbonyl (C=O) groups is 1. The quantitative estimate of drug-likeness (QED) is 0.233. The average Bonchev–Trinajstić information content (AvgIpc) is 2.46.